The summed E-state index contributed by atoms with van der Waals surface area (Å²) in [5.41, 5.74) is 0.0572. The Labute approximate surface area is 100 Å². The molecule has 1 heterocycles. The highest BCUT2D eigenvalue weighted by atomic mass is 19.1. The van der Waals surface area contributed by atoms with Crippen molar-refractivity contribution in [2.24, 2.45) is 0 Å². The maximum absolute atomic E-state index is 13.5. The zero-order chi connectivity index (χ0) is 12.5. The van der Waals surface area contributed by atoms with Crippen molar-refractivity contribution < 1.29 is 9.50 Å². The van der Waals surface area contributed by atoms with E-state index in [1.165, 1.54) is 12.1 Å². The number of benzene rings is 1. The van der Waals surface area contributed by atoms with Gasteiger partial charge in [0.1, 0.15) is 11.9 Å². The summed E-state index contributed by atoms with van der Waals surface area (Å²) in [6.45, 7) is 3.10. The minimum atomic E-state index is -0.720. The Hall–Kier alpha value is -1.60. The summed E-state index contributed by atoms with van der Waals surface area (Å²) >= 11 is 0. The molecular weight excluding hydrogens is 219 g/mol. The third-order valence-electron chi connectivity index (χ3n) is 3.11. The van der Waals surface area contributed by atoms with Crippen LogP contribution in [-0.2, 0) is 0 Å². The van der Waals surface area contributed by atoms with Gasteiger partial charge >= 0.3 is 0 Å². The average Bonchev–Trinajstić information content (AvgIpc) is 2.27. The molecule has 1 aliphatic rings. The van der Waals surface area contributed by atoms with E-state index in [9.17, 15) is 9.50 Å². The summed E-state index contributed by atoms with van der Waals surface area (Å²) in [4.78, 5) is 1.95. The van der Waals surface area contributed by atoms with Gasteiger partial charge in [-0.15, -0.1) is 0 Å². The zero-order valence-corrected chi connectivity index (χ0v) is 9.78. The van der Waals surface area contributed by atoms with Crippen molar-refractivity contribution in [2.45, 2.75) is 25.4 Å². The Balaban J connectivity index is 2.23. The Kier molecular flexibility index (Phi) is 3.03. The van der Waals surface area contributed by atoms with Crippen molar-refractivity contribution >= 4 is 5.69 Å². The third kappa shape index (κ3) is 2.56. The second-order valence-electron chi connectivity index (χ2n) is 4.80. The number of anilines is 1. The summed E-state index contributed by atoms with van der Waals surface area (Å²) in [7, 11) is 0. The van der Waals surface area contributed by atoms with Gasteiger partial charge in [0.15, 0.2) is 0 Å². The van der Waals surface area contributed by atoms with Crippen LogP contribution in [0.3, 0.4) is 0 Å². The summed E-state index contributed by atoms with van der Waals surface area (Å²) < 4.78 is 13.5. The SMILES string of the molecule is CC1(O)CCCN(c2ccc(C#N)c(F)c2)C1. The maximum atomic E-state index is 13.5. The summed E-state index contributed by atoms with van der Waals surface area (Å²) in [5.74, 6) is -0.504. The highest BCUT2D eigenvalue weighted by molar-refractivity contribution is 5.51. The van der Waals surface area contributed by atoms with Crippen LogP contribution in [-0.4, -0.2) is 23.8 Å². The topological polar surface area (TPSA) is 47.3 Å². The van der Waals surface area contributed by atoms with Gasteiger partial charge in [-0.3, -0.25) is 0 Å². The molecule has 0 radical (unpaired) electrons. The van der Waals surface area contributed by atoms with Crippen LogP contribution in [0.25, 0.3) is 0 Å². The molecule has 90 valence electrons. The number of hydrogen-bond acceptors (Lipinski definition) is 3. The predicted octanol–water partition coefficient (Wildman–Crippen LogP) is 2.05. The third-order valence-corrected chi connectivity index (χ3v) is 3.11. The molecule has 1 atom stereocenters. The summed E-state index contributed by atoms with van der Waals surface area (Å²) in [6, 6.07) is 6.37. The van der Waals surface area contributed by atoms with E-state index in [1.54, 1.807) is 19.1 Å². The standard InChI is InChI=1S/C13H15FN2O/c1-13(17)5-2-6-16(9-13)11-4-3-10(8-15)12(14)7-11/h3-4,7,17H,2,5-6,9H2,1H3. The van der Waals surface area contributed by atoms with Crippen molar-refractivity contribution in [3.8, 4) is 6.07 Å². The molecule has 3 nitrogen and oxygen atoms in total. The van der Waals surface area contributed by atoms with Gasteiger partial charge in [0.05, 0.1) is 11.2 Å². The molecule has 1 N–H and O–H groups in total. The number of aliphatic hydroxyl groups is 1. The fourth-order valence-electron chi connectivity index (χ4n) is 2.23. The largest absolute Gasteiger partial charge is 0.388 e. The Morgan fingerprint density at radius 1 is 1.53 bits per heavy atom. The van der Waals surface area contributed by atoms with Gasteiger partial charge in [0, 0.05) is 18.8 Å². The molecule has 0 aromatic heterocycles. The van der Waals surface area contributed by atoms with Gasteiger partial charge < -0.3 is 10.0 Å². The molecular formula is C13H15FN2O. The molecule has 0 bridgehead atoms. The number of β-amino-alcohol motifs (C(OH)–C–C–N with tert-alkyl or cyclic N) is 1. The molecule has 1 aromatic carbocycles. The lowest BCUT2D eigenvalue weighted by atomic mass is 9.94. The van der Waals surface area contributed by atoms with E-state index in [2.05, 4.69) is 0 Å². The minimum absolute atomic E-state index is 0.0533. The molecule has 1 saturated heterocycles. The fraction of sp³-hybridized carbons (Fsp3) is 0.462. The first kappa shape index (κ1) is 11.9. The van der Waals surface area contributed by atoms with E-state index in [4.69, 9.17) is 5.26 Å². The van der Waals surface area contributed by atoms with E-state index < -0.39 is 11.4 Å². The zero-order valence-electron chi connectivity index (χ0n) is 9.78. The van der Waals surface area contributed by atoms with Gasteiger partial charge in [0.2, 0.25) is 0 Å². The first-order valence-corrected chi connectivity index (χ1v) is 5.69. The summed E-state index contributed by atoms with van der Waals surface area (Å²) in [5, 5.41) is 18.6. The molecule has 0 spiro atoms. The number of piperidine rings is 1. The van der Waals surface area contributed by atoms with E-state index in [-0.39, 0.29) is 5.56 Å². The lowest BCUT2D eigenvalue weighted by Gasteiger charge is -2.38. The number of nitriles is 1. The number of halogens is 1. The van der Waals surface area contributed by atoms with Crippen LogP contribution in [0, 0.1) is 17.1 Å². The molecule has 1 aromatic rings. The Morgan fingerprint density at radius 2 is 2.29 bits per heavy atom. The minimum Gasteiger partial charge on any atom is -0.388 e. The molecule has 0 amide bonds. The number of hydrogen-bond donors (Lipinski definition) is 1. The van der Waals surface area contributed by atoms with E-state index in [0.717, 1.165) is 25.1 Å². The van der Waals surface area contributed by atoms with Gasteiger partial charge in [-0.05, 0) is 38.0 Å². The average molecular weight is 234 g/mol. The quantitative estimate of drug-likeness (QED) is 0.809. The maximum Gasteiger partial charge on any atom is 0.143 e. The fourth-order valence-corrected chi connectivity index (χ4v) is 2.23. The van der Waals surface area contributed by atoms with Crippen LogP contribution in [0.5, 0.6) is 0 Å². The van der Waals surface area contributed by atoms with Crippen LogP contribution in [0.2, 0.25) is 0 Å². The van der Waals surface area contributed by atoms with E-state index in [1.807, 2.05) is 4.90 Å². The second-order valence-corrected chi connectivity index (χ2v) is 4.80. The first-order valence-electron chi connectivity index (χ1n) is 5.69. The molecule has 1 unspecified atom stereocenters. The van der Waals surface area contributed by atoms with Crippen LogP contribution in [0.15, 0.2) is 18.2 Å². The van der Waals surface area contributed by atoms with Gasteiger partial charge in [-0.25, -0.2) is 4.39 Å². The van der Waals surface area contributed by atoms with E-state index in [0.29, 0.717) is 6.54 Å². The van der Waals surface area contributed by atoms with Crippen LogP contribution >= 0.6 is 0 Å². The van der Waals surface area contributed by atoms with Crippen LogP contribution < -0.4 is 4.90 Å². The van der Waals surface area contributed by atoms with Crippen molar-refractivity contribution in [3.63, 3.8) is 0 Å². The van der Waals surface area contributed by atoms with Gasteiger partial charge in [0.25, 0.3) is 0 Å². The highest BCUT2D eigenvalue weighted by Crippen LogP contribution is 2.26. The van der Waals surface area contributed by atoms with Crippen molar-refractivity contribution in [1.29, 1.82) is 5.26 Å². The first-order chi connectivity index (χ1) is 8.02. The summed E-state index contributed by atoms with van der Waals surface area (Å²) in [6.07, 6.45) is 1.65. The van der Waals surface area contributed by atoms with E-state index >= 15 is 0 Å². The van der Waals surface area contributed by atoms with Crippen molar-refractivity contribution in [3.05, 3.63) is 29.6 Å². The molecule has 17 heavy (non-hydrogen) atoms. The van der Waals surface area contributed by atoms with Crippen molar-refractivity contribution in [1.82, 2.24) is 0 Å². The Morgan fingerprint density at radius 3 is 2.88 bits per heavy atom. The van der Waals surface area contributed by atoms with Crippen molar-refractivity contribution in [2.75, 3.05) is 18.0 Å². The predicted molar refractivity (Wildman–Crippen MR) is 63.2 cm³/mol. The molecule has 1 fully saturated rings. The van der Waals surface area contributed by atoms with Gasteiger partial charge in [-0.1, -0.05) is 0 Å². The number of rotatable bonds is 1. The van der Waals surface area contributed by atoms with Crippen LogP contribution in [0.4, 0.5) is 10.1 Å². The highest BCUT2D eigenvalue weighted by Gasteiger charge is 2.28. The second kappa shape index (κ2) is 4.34. The van der Waals surface area contributed by atoms with Crippen LogP contribution in [0.1, 0.15) is 25.3 Å². The monoisotopic (exact) mass is 234 g/mol. The van der Waals surface area contributed by atoms with Gasteiger partial charge in [-0.2, -0.15) is 5.26 Å². The molecule has 0 aliphatic carbocycles. The Bertz CT molecular complexity index is 465. The lowest BCUT2D eigenvalue weighted by molar-refractivity contribution is 0.0449. The number of nitrogens with zero attached hydrogens (tertiary/aromatic N) is 2. The molecule has 1 aliphatic heterocycles. The lowest BCUT2D eigenvalue weighted by Crippen LogP contribution is -2.46. The molecule has 0 saturated carbocycles. The normalized spacial score (nSPS) is 24.5. The smallest absolute Gasteiger partial charge is 0.143 e. The molecule has 2 rings (SSSR count). The molecule has 4 heteroatoms.